The smallest absolute Gasteiger partial charge is 0.276 e. The van der Waals surface area contributed by atoms with E-state index in [1.54, 1.807) is 42.2 Å². The molecule has 3 heterocycles. The maximum absolute atomic E-state index is 14.6. The van der Waals surface area contributed by atoms with Gasteiger partial charge in [0.05, 0.1) is 16.3 Å². The first-order valence-corrected chi connectivity index (χ1v) is 10.9. The molecule has 0 radical (unpaired) electrons. The van der Waals surface area contributed by atoms with Gasteiger partial charge in [-0.15, -0.1) is 5.10 Å². The van der Waals surface area contributed by atoms with Crippen molar-refractivity contribution < 1.29 is 23.2 Å². The van der Waals surface area contributed by atoms with Gasteiger partial charge < -0.3 is 19.1 Å². The van der Waals surface area contributed by atoms with E-state index in [1.165, 1.54) is 17.0 Å². The number of hydrogen-bond acceptors (Lipinski definition) is 7. The van der Waals surface area contributed by atoms with Crippen LogP contribution < -0.4 is 10.3 Å². The van der Waals surface area contributed by atoms with Gasteiger partial charge in [-0.1, -0.05) is 17.3 Å². The lowest BCUT2D eigenvalue weighted by atomic mass is 10.1. The Morgan fingerprint density at radius 2 is 1.69 bits per heavy atom. The largest absolute Gasteiger partial charge is 0.437 e. The molecule has 5 rings (SSSR count). The van der Waals surface area contributed by atoms with Crippen molar-refractivity contribution in [3.63, 3.8) is 0 Å². The van der Waals surface area contributed by atoms with Crippen LogP contribution in [0.5, 0.6) is 11.6 Å². The lowest BCUT2D eigenvalue weighted by Crippen LogP contribution is -2.50. The molecule has 0 bridgehead atoms. The van der Waals surface area contributed by atoms with Gasteiger partial charge in [-0.25, -0.2) is 9.49 Å². The number of ether oxygens (including phenoxy) is 1. The summed E-state index contributed by atoms with van der Waals surface area (Å²) in [7, 11) is 0. The minimum atomic E-state index is -0.696. The summed E-state index contributed by atoms with van der Waals surface area (Å²) < 4.78 is 25.3. The second-order valence-corrected chi connectivity index (χ2v) is 8.05. The van der Waals surface area contributed by atoms with E-state index < -0.39 is 11.7 Å². The fraction of sp³-hybridized carbons (Fsp3) is 0.208. The second-order valence-electron chi connectivity index (χ2n) is 8.05. The third-order valence-corrected chi connectivity index (χ3v) is 5.75. The first-order valence-electron chi connectivity index (χ1n) is 10.9. The van der Waals surface area contributed by atoms with Crippen molar-refractivity contribution in [3.8, 4) is 11.6 Å². The zero-order chi connectivity index (χ0) is 24.5. The Kier molecular flexibility index (Phi) is 5.73. The van der Waals surface area contributed by atoms with Crippen molar-refractivity contribution in [1.29, 1.82) is 0 Å². The number of rotatable bonds is 4. The molecule has 2 aromatic heterocycles. The average Bonchev–Trinajstić information content (AvgIpc) is 3.32. The van der Waals surface area contributed by atoms with E-state index >= 15 is 0 Å². The van der Waals surface area contributed by atoms with Crippen LogP contribution in [0.2, 0.25) is 0 Å². The average molecular weight is 477 g/mol. The molecule has 0 unspecified atom stereocenters. The number of amides is 2. The zero-order valence-electron chi connectivity index (χ0n) is 18.7. The Bertz CT molecular complexity index is 1490. The van der Waals surface area contributed by atoms with Crippen LogP contribution in [0.15, 0.2) is 57.8 Å². The molecule has 2 aromatic carbocycles. The number of carbonyl (C=O) groups excluding carboxylic acids is 2. The van der Waals surface area contributed by atoms with Crippen LogP contribution in [0.25, 0.3) is 10.8 Å². The molecule has 1 N–H and O–H groups in total. The number of aryl methyl sites for hydroxylation is 1. The van der Waals surface area contributed by atoms with Crippen molar-refractivity contribution in [2.24, 2.45) is 0 Å². The standard InChI is InChI=1S/C24H20FN5O5/c1-14-12-20(28-35-14)24(33)30-10-8-29(9-11-30)23(32)18-13-15(6-7-19(18)25)34-22-17-5-3-2-4-16(17)21(31)26-27-22/h2-7,12-13H,8-11H2,1H3,(H,26,31). The number of fused-ring (bicyclic) bond motifs is 1. The molecular formula is C24H20FN5O5. The molecule has 1 aliphatic rings. The predicted molar refractivity (Wildman–Crippen MR) is 122 cm³/mol. The SMILES string of the molecule is Cc1cc(C(=O)N2CCN(C(=O)c3cc(Oc4n[nH]c(=O)c5ccccc45)ccc3F)CC2)no1. The topological polar surface area (TPSA) is 122 Å². The zero-order valence-corrected chi connectivity index (χ0v) is 18.7. The van der Waals surface area contributed by atoms with Crippen LogP contribution in [-0.4, -0.2) is 63.1 Å². The monoisotopic (exact) mass is 477 g/mol. The Morgan fingerprint density at radius 3 is 2.37 bits per heavy atom. The minimum Gasteiger partial charge on any atom is -0.437 e. The van der Waals surface area contributed by atoms with Gasteiger partial charge in [0.2, 0.25) is 5.88 Å². The van der Waals surface area contributed by atoms with Crippen molar-refractivity contribution in [3.05, 3.63) is 81.7 Å². The lowest BCUT2D eigenvalue weighted by molar-refractivity contribution is 0.0527. The van der Waals surface area contributed by atoms with Crippen LogP contribution in [-0.2, 0) is 0 Å². The quantitative estimate of drug-likeness (QED) is 0.480. The Morgan fingerprint density at radius 1 is 1.00 bits per heavy atom. The fourth-order valence-corrected chi connectivity index (χ4v) is 3.92. The first kappa shape index (κ1) is 22.3. The van der Waals surface area contributed by atoms with Gasteiger partial charge in [-0.2, -0.15) is 0 Å². The number of nitrogens with one attached hydrogen (secondary N) is 1. The molecule has 178 valence electrons. The number of hydrogen-bond donors (Lipinski definition) is 1. The number of halogens is 1. The molecule has 1 aliphatic heterocycles. The Balaban J connectivity index is 1.31. The van der Waals surface area contributed by atoms with E-state index in [0.29, 0.717) is 16.5 Å². The summed E-state index contributed by atoms with van der Waals surface area (Å²) in [5.74, 6) is -0.647. The van der Waals surface area contributed by atoms with Gasteiger partial charge in [0.25, 0.3) is 17.4 Å². The third-order valence-electron chi connectivity index (χ3n) is 5.75. The highest BCUT2D eigenvalue weighted by Crippen LogP contribution is 2.27. The molecular weight excluding hydrogens is 457 g/mol. The lowest BCUT2D eigenvalue weighted by Gasteiger charge is -2.34. The van der Waals surface area contributed by atoms with E-state index in [2.05, 4.69) is 15.4 Å². The number of benzene rings is 2. The summed E-state index contributed by atoms with van der Waals surface area (Å²) in [5, 5.41) is 10.9. The molecule has 0 saturated carbocycles. The minimum absolute atomic E-state index is 0.125. The van der Waals surface area contributed by atoms with Crippen molar-refractivity contribution in [1.82, 2.24) is 25.2 Å². The van der Waals surface area contributed by atoms with Crippen molar-refractivity contribution in [2.75, 3.05) is 26.2 Å². The highest BCUT2D eigenvalue weighted by Gasteiger charge is 2.28. The highest BCUT2D eigenvalue weighted by atomic mass is 19.1. The first-order chi connectivity index (χ1) is 16.9. The third kappa shape index (κ3) is 4.35. The van der Waals surface area contributed by atoms with E-state index in [4.69, 9.17) is 9.26 Å². The maximum Gasteiger partial charge on any atom is 0.276 e. The maximum atomic E-state index is 14.6. The van der Waals surface area contributed by atoms with Crippen LogP contribution in [0.3, 0.4) is 0 Å². The molecule has 1 saturated heterocycles. The van der Waals surface area contributed by atoms with Crippen molar-refractivity contribution >= 4 is 22.6 Å². The summed E-state index contributed by atoms with van der Waals surface area (Å²) in [4.78, 5) is 40.7. The molecule has 1 fully saturated rings. The van der Waals surface area contributed by atoms with E-state index in [1.807, 2.05) is 0 Å². The molecule has 35 heavy (non-hydrogen) atoms. The summed E-state index contributed by atoms with van der Waals surface area (Å²) in [6.45, 7) is 2.72. The molecule has 10 nitrogen and oxygen atoms in total. The van der Waals surface area contributed by atoms with Crippen LogP contribution in [0.1, 0.15) is 26.6 Å². The molecule has 0 spiro atoms. The van der Waals surface area contributed by atoms with Gasteiger partial charge in [0, 0.05) is 32.2 Å². The molecule has 0 aliphatic carbocycles. The number of piperazine rings is 1. The van der Waals surface area contributed by atoms with Crippen LogP contribution in [0.4, 0.5) is 4.39 Å². The van der Waals surface area contributed by atoms with Gasteiger partial charge in [0.15, 0.2) is 5.69 Å². The molecule has 2 amide bonds. The predicted octanol–water partition coefficient (Wildman–Crippen LogP) is 2.75. The Labute approximate surface area is 197 Å². The summed E-state index contributed by atoms with van der Waals surface area (Å²) in [6, 6.07) is 12.2. The van der Waals surface area contributed by atoms with Crippen LogP contribution in [0, 0.1) is 12.7 Å². The van der Waals surface area contributed by atoms with Crippen molar-refractivity contribution in [2.45, 2.75) is 6.92 Å². The normalized spacial score (nSPS) is 13.8. The molecule has 0 atom stereocenters. The summed E-state index contributed by atoms with van der Waals surface area (Å²) in [6.07, 6.45) is 0. The Hall–Kier alpha value is -4.54. The number of carbonyl (C=O) groups is 2. The van der Waals surface area contributed by atoms with Gasteiger partial charge in [0.1, 0.15) is 17.3 Å². The second kappa shape index (κ2) is 9.01. The molecule has 4 aromatic rings. The van der Waals surface area contributed by atoms with Gasteiger partial charge in [-0.3, -0.25) is 14.4 Å². The number of aromatic nitrogens is 3. The summed E-state index contributed by atoms with van der Waals surface area (Å²) in [5.41, 5.74) is -0.316. The van der Waals surface area contributed by atoms with Gasteiger partial charge in [-0.05, 0) is 37.3 Å². The van der Waals surface area contributed by atoms with E-state index in [9.17, 15) is 18.8 Å². The van der Waals surface area contributed by atoms with E-state index in [-0.39, 0.29) is 60.5 Å². The van der Waals surface area contributed by atoms with Crippen LogP contribution >= 0.6 is 0 Å². The number of aromatic amines is 1. The summed E-state index contributed by atoms with van der Waals surface area (Å²) >= 11 is 0. The fourth-order valence-electron chi connectivity index (χ4n) is 3.92. The van der Waals surface area contributed by atoms with E-state index in [0.717, 1.165) is 6.07 Å². The number of H-pyrrole nitrogens is 1. The molecule has 11 heteroatoms. The number of nitrogens with zero attached hydrogens (tertiary/aromatic N) is 4. The van der Waals surface area contributed by atoms with Gasteiger partial charge >= 0.3 is 0 Å². The highest BCUT2D eigenvalue weighted by molar-refractivity contribution is 5.96.